The molecule has 0 aliphatic carbocycles. The molecule has 2 aromatic rings. The third kappa shape index (κ3) is 3.46. The number of fused-ring (bicyclic) bond motifs is 1. The highest BCUT2D eigenvalue weighted by Gasteiger charge is 2.32. The van der Waals surface area contributed by atoms with Crippen LogP contribution in [0.3, 0.4) is 0 Å². The first kappa shape index (κ1) is 15.8. The van der Waals surface area contributed by atoms with Crippen molar-refractivity contribution in [1.82, 2.24) is 19.7 Å². The molecule has 0 spiro atoms. The summed E-state index contributed by atoms with van der Waals surface area (Å²) in [5.41, 5.74) is -0.466. The van der Waals surface area contributed by atoms with Gasteiger partial charge in [0, 0.05) is 30.3 Å². The average Bonchev–Trinajstić information content (AvgIpc) is 2.90. The molecule has 0 bridgehead atoms. The molecule has 0 aromatic carbocycles. The predicted octanol–water partition coefficient (Wildman–Crippen LogP) is 3.24. The second-order valence-electron chi connectivity index (χ2n) is 6.03. The Hall–Kier alpha value is -2.12. The first-order valence-corrected chi connectivity index (χ1v) is 7.56. The van der Waals surface area contributed by atoms with Gasteiger partial charge in [-0.15, -0.1) is 0 Å². The Morgan fingerprint density at radius 2 is 2.13 bits per heavy atom. The van der Waals surface area contributed by atoms with E-state index in [-0.39, 0.29) is 12.0 Å². The van der Waals surface area contributed by atoms with Crippen molar-refractivity contribution >= 4 is 5.69 Å². The molecular formula is C15H18F3N5. The number of hydrogen-bond acceptors (Lipinski definition) is 4. The summed E-state index contributed by atoms with van der Waals surface area (Å²) in [6.45, 7) is 4.66. The van der Waals surface area contributed by atoms with Crippen molar-refractivity contribution in [3.05, 3.63) is 35.7 Å². The van der Waals surface area contributed by atoms with Gasteiger partial charge in [-0.1, -0.05) is 13.8 Å². The van der Waals surface area contributed by atoms with Crippen molar-refractivity contribution in [1.29, 1.82) is 0 Å². The van der Waals surface area contributed by atoms with Gasteiger partial charge in [0.2, 0.25) is 0 Å². The van der Waals surface area contributed by atoms with Crippen LogP contribution in [0.25, 0.3) is 0 Å². The van der Waals surface area contributed by atoms with Crippen molar-refractivity contribution < 1.29 is 13.2 Å². The summed E-state index contributed by atoms with van der Waals surface area (Å²) in [5, 5.41) is 7.62. The van der Waals surface area contributed by atoms with Gasteiger partial charge in [-0.25, -0.2) is 9.67 Å². The molecule has 3 rings (SSSR count). The average molecular weight is 325 g/mol. The van der Waals surface area contributed by atoms with Gasteiger partial charge in [0.15, 0.2) is 5.82 Å². The molecule has 1 atom stereocenters. The van der Waals surface area contributed by atoms with E-state index in [1.807, 2.05) is 18.5 Å². The van der Waals surface area contributed by atoms with E-state index in [0.29, 0.717) is 12.2 Å². The van der Waals surface area contributed by atoms with Crippen molar-refractivity contribution in [2.75, 3.05) is 5.32 Å². The van der Waals surface area contributed by atoms with Gasteiger partial charge in [0.05, 0.1) is 6.54 Å². The van der Waals surface area contributed by atoms with Crippen LogP contribution in [0.1, 0.15) is 43.5 Å². The first-order valence-electron chi connectivity index (χ1n) is 7.56. The molecular weight excluding hydrogens is 307 g/mol. The number of nitrogens with one attached hydrogen (secondary N) is 1. The maximum Gasteiger partial charge on any atom is 0.433 e. The first-order chi connectivity index (χ1) is 10.8. The van der Waals surface area contributed by atoms with Crippen molar-refractivity contribution in [3.63, 3.8) is 0 Å². The molecule has 0 saturated carbocycles. The summed E-state index contributed by atoms with van der Waals surface area (Å²) in [6.07, 6.45) is -1.70. The second-order valence-corrected chi connectivity index (χ2v) is 6.03. The van der Waals surface area contributed by atoms with Gasteiger partial charge in [0.25, 0.3) is 0 Å². The van der Waals surface area contributed by atoms with Crippen LogP contribution in [0.15, 0.2) is 18.3 Å². The van der Waals surface area contributed by atoms with Crippen LogP contribution >= 0.6 is 0 Å². The topological polar surface area (TPSA) is 55.6 Å². The quantitative estimate of drug-likeness (QED) is 0.941. The molecule has 1 aliphatic rings. The molecule has 5 nitrogen and oxygen atoms in total. The normalized spacial score (nSPS) is 18.1. The molecule has 23 heavy (non-hydrogen) atoms. The van der Waals surface area contributed by atoms with Gasteiger partial charge < -0.3 is 5.32 Å². The SMILES string of the molecule is CC(C)c1nc2n(n1)CC(Nc1ccnc(C(F)(F)F)c1)CC2. The van der Waals surface area contributed by atoms with E-state index in [1.54, 1.807) is 6.07 Å². The van der Waals surface area contributed by atoms with Gasteiger partial charge >= 0.3 is 6.18 Å². The lowest BCUT2D eigenvalue weighted by Gasteiger charge is -2.24. The zero-order valence-corrected chi connectivity index (χ0v) is 12.9. The molecule has 2 aromatic heterocycles. The fourth-order valence-corrected chi connectivity index (χ4v) is 2.60. The Bertz CT molecular complexity index is 693. The van der Waals surface area contributed by atoms with Crippen molar-refractivity contribution in [2.24, 2.45) is 0 Å². The van der Waals surface area contributed by atoms with E-state index in [0.717, 1.165) is 30.6 Å². The van der Waals surface area contributed by atoms with E-state index >= 15 is 0 Å². The molecule has 0 fully saturated rings. The largest absolute Gasteiger partial charge is 0.433 e. The molecule has 124 valence electrons. The van der Waals surface area contributed by atoms with Crippen LogP contribution in [0.5, 0.6) is 0 Å². The summed E-state index contributed by atoms with van der Waals surface area (Å²) in [4.78, 5) is 7.87. The zero-order chi connectivity index (χ0) is 16.6. The van der Waals surface area contributed by atoms with Crippen LogP contribution in [0, 0.1) is 0 Å². The summed E-state index contributed by atoms with van der Waals surface area (Å²) in [5.74, 6) is 2.01. The smallest absolute Gasteiger partial charge is 0.380 e. The molecule has 0 radical (unpaired) electrons. The number of pyridine rings is 1. The minimum absolute atomic E-state index is 0.0210. The predicted molar refractivity (Wildman–Crippen MR) is 79.1 cm³/mol. The van der Waals surface area contributed by atoms with E-state index in [1.165, 1.54) is 6.20 Å². The van der Waals surface area contributed by atoms with Crippen LogP contribution < -0.4 is 5.32 Å². The Labute approximate surface area is 131 Å². The minimum Gasteiger partial charge on any atom is -0.380 e. The van der Waals surface area contributed by atoms with Gasteiger partial charge in [-0.05, 0) is 18.6 Å². The fourth-order valence-electron chi connectivity index (χ4n) is 2.60. The number of alkyl halides is 3. The number of anilines is 1. The van der Waals surface area contributed by atoms with Gasteiger partial charge in [0.1, 0.15) is 11.5 Å². The molecule has 8 heteroatoms. The third-order valence-electron chi connectivity index (χ3n) is 3.81. The highest BCUT2D eigenvalue weighted by atomic mass is 19.4. The van der Waals surface area contributed by atoms with Crippen LogP contribution in [-0.4, -0.2) is 25.8 Å². The highest BCUT2D eigenvalue weighted by Crippen LogP contribution is 2.29. The summed E-state index contributed by atoms with van der Waals surface area (Å²) >= 11 is 0. The Balaban J connectivity index is 1.72. The Morgan fingerprint density at radius 3 is 2.83 bits per heavy atom. The molecule has 1 unspecified atom stereocenters. The van der Waals surface area contributed by atoms with Crippen LogP contribution in [-0.2, 0) is 19.1 Å². The van der Waals surface area contributed by atoms with Crippen molar-refractivity contribution in [3.8, 4) is 0 Å². The lowest BCUT2D eigenvalue weighted by Crippen LogP contribution is -2.32. The second kappa shape index (κ2) is 5.82. The van der Waals surface area contributed by atoms with E-state index in [2.05, 4.69) is 20.4 Å². The third-order valence-corrected chi connectivity index (χ3v) is 3.81. The van der Waals surface area contributed by atoms with Gasteiger partial charge in [-0.2, -0.15) is 18.3 Å². The maximum absolute atomic E-state index is 12.7. The zero-order valence-electron chi connectivity index (χ0n) is 12.9. The minimum atomic E-state index is -4.44. The number of rotatable bonds is 3. The number of aromatic nitrogens is 4. The van der Waals surface area contributed by atoms with Gasteiger partial charge in [-0.3, -0.25) is 4.98 Å². The summed E-state index contributed by atoms with van der Waals surface area (Å²) in [6, 6.07) is 2.61. The lowest BCUT2D eigenvalue weighted by atomic mass is 10.1. The standard InChI is InChI=1S/C15H18F3N5/c1-9(2)14-21-13-4-3-11(8-23(13)22-14)20-10-5-6-19-12(7-10)15(16,17)18/h5-7,9,11H,3-4,8H2,1-2H3,(H,19,20). The molecule has 0 amide bonds. The van der Waals surface area contributed by atoms with Crippen molar-refractivity contribution in [2.45, 2.75) is 51.4 Å². The number of halogens is 3. The fraction of sp³-hybridized carbons (Fsp3) is 0.533. The molecule has 1 N–H and O–H groups in total. The lowest BCUT2D eigenvalue weighted by molar-refractivity contribution is -0.141. The maximum atomic E-state index is 12.7. The Kier molecular flexibility index (Phi) is 3.99. The van der Waals surface area contributed by atoms with Crippen LogP contribution in [0.4, 0.5) is 18.9 Å². The molecule has 0 saturated heterocycles. The summed E-state index contributed by atoms with van der Waals surface area (Å²) < 4.78 is 40.0. The number of hydrogen-bond donors (Lipinski definition) is 1. The number of aryl methyl sites for hydroxylation is 1. The molecule has 3 heterocycles. The van der Waals surface area contributed by atoms with E-state index in [9.17, 15) is 13.2 Å². The number of nitrogens with zero attached hydrogens (tertiary/aromatic N) is 4. The monoisotopic (exact) mass is 325 g/mol. The molecule has 1 aliphatic heterocycles. The van der Waals surface area contributed by atoms with E-state index in [4.69, 9.17) is 0 Å². The summed E-state index contributed by atoms with van der Waals surface area (Å²) in [7, 11) is 0. The Morgan fingerprint density at radius 1 is 1.35 bits per heavy atom. The van der Waals surface area contributed by atoms with Crippen LogP contribution in [0.2, 0.25) is 0 Å². The van der Waals surface area contributed by atoms with E-state index < -0.39 is 11.9 Å². The highest BCUT2D eigenvalue weighted by molar-refractivity contribution is 5.44.